The van der Waals surface area contributed by atoms with Crippen LogP contribution in [0.5, 0.6) is 0 Å². The number of anilines is 1. The van der Waals surface area contributed by atoms with Crippen molar-refractivity contribution in [3.05, 3.63) is 29.8 Å². The van der Waals surface area contributed by atoms with Gasteiger partial charge >= 0.3 is 5.97 Å². The fourth-order valence-electron chi connectivity index (χ4n) is 1.84. The number of carboxylic acids is 1. The summed E-state index contributed by atoms with van der Waals surface area (Å²) < 4.78 is 0. The number of carbonyl (C=O) groups is 1. The molecule has 1 unspecified atom stereocenters. The summed E-state index contributed by atoms with van der Waals surface area (Å²) in [5, 5.41) is 9.14. The molecule has 0 radical (unpaired) electrons. The van der Waals surface area contributed by atoms with E-state index in [4.69, 9.17) is 5.11 Å². The fourth-order valence-corrected chi connectivity index (χ4v) is 1.84. The van der Waals surface area contributed by atoms with Crippen molar-refractivity contribution in [3.63, 3.8) is 0 Å². The summed E-state index contributed by atoms with van der Waals surface area (Å²) in [7, 11) is 0. The molecule has 0 aliphatic carbocycles. The van der Waals surface area contributed by atoms with Crippen LogP contribution in [-0.2, 0) is 0 Å². The van der Waals surface area contributed by atoms with Crippen LogP contribution in [0, 0.1) is 0 Å². The zero-order valence-corrected chi connectivity index (χ0v) is 10.1. The zero-order chi connectivity index (χ0) is 12.1. The van der Waals surface area contributed by atoms with Gasteiger partial charge in [0.15, 0.2) is 0 Å². The van der Waals surface area contributed by atoms with Crippen LogP contribution in [0.2, 0.25) is 0 Å². The summed E-state index contributed by atoms with van der Waals surface area (Å²) in [6, 6.07) is 7.52. The summed E-state index contributed by atoms with van der Waals surface area (Å²) in [6.07, 6.45) is 1.00. The smallest absolute Gasteiger partial charge is 0.337 e. The highest BCUT2D eigenvalue weighted by atomic mass is 16.4. The molecule has 1 rings (SSSR count). The Kier molecular flexibility index (Phi) is 4.35. The molecule has 16 heavy (non-hydrogen) atoms. The van der Waals surface area contributed by atoms with Crippen molar-refractivity contribution in [2.75, 3.05) is 11.4 Å². The van der Waals surface area contributed by atoms with Crippen molar-refractivity contribution in [2.45, 2.75) is 33.2 Å². The number of nitrogens with zero attached hydrogens (tertiary/aromatic N) is 1. The second-order valence-corrected chi connectivity index (χ2v) is 3.87. The first-order valence-corrected chi connectivity index (χ1v) is 5.70. The monoisotopic (exact) mass is 221 g/mol. The lowest BCUT2D eigenvalue weighted by molar-refractivity contribution is 0.0697. The summed E-state index contributed by atoms with van der Waals surface area (Å²) in [5.74, 6) is -0.864. The third-order valence-electron chi connectivity index (χ3n) is 2.91. The minimum absolute atomic E-state index is 0.352. The van der Waals surface area contributed by atoms with Gasteiger partial charge in [-0.3, -0.25) is 0 Å². The molecule has 0 aliphatic rings. The second kappa shape index (κ2) is 5.54. The molecule has 0 fully saturated rings. The number of carboxylic acid groups (broad SMARTS) is 1. The van der Waals surface area contributed by atoms with E-state index >= 15 is 0 Å². The third-order valence-corrected chi connectivity index (χ3v) is 2.91. The zero-order valence-electron chi connectivity index (χ0n) is 10.1. The van der Waals surface area contributed by atoms with Crippen LogP contribution in [0.15, 0.2) is 24.3 Å². The molecular weight excluding hydrogens is 202 g/mol. The van der Waals surface area contributed by atoms with Crippen molar-refractivity contribution in [2.24, 2.45) is 0 Å². The molecule has 0 amide bonds. The predicted molar refractivity (Wildman–Crippen MR) is 66.2 cm³/mol. The average molecular weight is 221 g/mol. The molecule has 0 aromatic heterocycles. The van der Waals surface area contributed by atoms with Crippen molar-refractivity contribution < 1.29 is 9.90 Å². The maximum Gasteiger partial charge on any atom is 0.337 e. The second-order valence-electron chi connectivity index (χ2n) is 3.87. The molecule has 0 bridgehead atoms. The van der Waals surface area contributed by atoms with E-state index in [2.05, 4.69) is 18.7 Å². The van der Waals surface area contributed by atoms with Gasteiger partial charge in [0.25, 0.3) is 0 Å². The first kappa shape index (κ1) is 12.6. The Labute approximate surface area is 96.7 Å². The maximum atomic E-state index is 11.1. The van der Waals surface area contributed by atoms with Gasteiger partial charge in [-0.15, -0.1) is 0 Å². The third kappa shape index (κ3) is 2.54. The van der Waals surface area contributed by atoms with Gasteiger partial charge in [-0.1, -0.05) is 19.1 Å². The van der Waals surface area contributed by atoms with Crippen LogP contribution in [0.25, 0.3) is 0 Å². The van der Waals surface area contributed by atoms with Gasteiger partial charge in [0.2, 0.25) is 0 Å². The molecule has 1 aromatic carbocycles. The van der Waals surface area contributed by atoms with Crippen LogP contribution in [-0.4, -0.2) is 23.7 Å². The van der Waals surface area contributed by atoms with Gasteiger partial charge in [-0.2, -0.15) is 0 Å². The standard InChI is InChI=1S/C13H19NO2/c1-4-10(3)14(5-2)12-9-7-6-8-11(12)13(15)16/h6-10H,4-5H2,1-3H3,(H,15,16). The number of para-hydroxylation sites is 1. The highest BCUT2D eigenvalue weighted by molar-refractivity contribution is 5.94. The van der Waals surface area contributed by atoms with Crippen LogP contribution in [0.4, 0.5) is 5.69 Å². The highest BCUT2D eigenvalue weighted by Crippen LogP contribution is 2.23. The molecule has 1 N–H and O–H groups in total. The Bertz CT molecular complexity index is 363. The van der Waals surface area contributed by atoms with E-state index in [0.717, 1.165) is 18.7 Å². The van der Waals surface area contributed by atoms with Gasteiger partial charge in [0.1, 0.15) is 0 Å². The van der Waals surface area contributed by atoms with Crippen molar-refractivity contribution in [3.8, 4) is 0 Å². The van der Waals surface area contributed by atoms with E-state index in [1.54, 1.807) is 12.1 Å². The van der Waals surface area contributed by atoms with Crippen LogP contribution in [0.3, 0.4) is 0 Å². The van der Waals surface area contributed by atoms with Gasteiger partial charge < -0.3 is 10.0 Å². The lowest BCUT2D eigenvalue weighted by Gasteiger charge is -2.30. The Morgan fingerprint density at radius 1 is 1.38 bits per heavy atom. The lowest BCUT2D eigenvalue weighted by atomic mass is 10.1. The molecule has 0 heterocycles. The maximum absolute atomic E-state index is 11.1. The first-order chi connectivity index (χ1) is 7.61. The first-order valence-electron chi connectivity index (χ1n) is 5.70. The molecule has 3 nitrogen and oxygen atoms in total. The molecule has 0 aliphatic heterocycles. The Morgan fingerprint density at radius 2 is 2.00 bits per heavy atom. The molecule has 3 heteroatoms. The van der Waals surface area contributed by atoms with E-state index < -0.39 is 5.97 Å². The van der Waals surface area contributed by atoms with E-state index in [-0.39, 0.29) is 0 Å². The SMILES string of the molecule is CCC(C)N(CC)c1ccccc1C(=O)O. The number of hydrogen-bond donors (Lipinski definition) is 1. The van der Waals surface area contributed by atoms with E-state index in [1.807, 2.05) is 19.1 Å². The molecule has 1 aromatic rings. The molecule has 0 spiro atoms. The minimum Gasteiger partial charge on any atom is -0.478 e. The normalized spacial score (nSPS) is 12.2. The fraction of sp³-hybridized carbons (Fsp3) is 0.462. The van der Waals surface area contributed by atoms with Crippen molar-refractivity contribution in [1.29, 1.82) is 0 Å². The van der Waals surface area contributed by atoms with Crippen LogP contribution < -0.4 is 4.90 Å². The average Bonchev–Trinajstić information content (AvgIpc) is 2.30. The molecule has 0 saturated heterocycles. The van der Waals surface area contributed by atoms with Crippen LogP contribution in [0.1, 0.15) is 37.6 Å². The topological polar surface area (TPSA) is 40.5 Å². The quantitative estimate of drug-likeness (QED) is 0.830. The highest BCUT2D eigenvalue weighted by Gasteiger charge is 2.17. The lowest BCUT2D eigenvalue weighted by Crippen LogP contribution is -2.33. The molecule has 88 valence electrons. The van der Waals surface area contributed by atoms with Gasteiger partial charge in [-0.05, 0) is 32.4 Å². The summed E-state index contributed by atoms with van der Waals surface area (Å²) in [5.41, 5.74) is 1.19. The van der Waals surface area contributed by atoms with Crippen molar-refractivity contribution in [1.82, 2.24) is 0 Å². The predicted octanol–water partition coefficient (Wildman–Crippen LogP) is 3.01. The molecule has 0 saturated carbocycles. The van der Waals surface area contributed by atoms with Gasteiger partial charge in [0.05, 0.1) is 11.3 Å². The van der Waals surface area contributed by atoms with E-state index in [9.17, 15) is 4.79 Å². The number of rotatable bonds is 5. The number of aromatic carboxylic acids is 1. The number of benzene rings is 1. The molecular formula is C13H19NO2. The van der Waals surface area contributed by atoms with E-state index in [1.165, 1.54) is 0 Å². The Hall–Kier alpha value is -1.51. The Morgan fingerprint density at radius 3 is 2.50 bits per heavy atom. The molecule has 1 atom stereocenters. The van der Waals surface area contributed by atoms with Crippen molar-refractivity contribution >= 4 is 11.7 Å². The largest absolute Gasteiger partial charge is 0.478 e. The number of hydrogen-bond acceptors (Lipinski definition) is 2. The summed E-state index contributed by atoms with van der Waals surface area (Å²) in [6.45, 7) is 7.09. The van der Waals surface area contributed by atoms with E-state index in [0.29, 0.717) is 11.6 Å². The minimum atomic E-state index is -0.864. The summed E-state index contributed by atoms with van der Waals surface area (Å²) in [4.78, 5) is 13.3. The van der Waals surface area contributed by atoms with Gasteiger partial charge in [-0.25, -0.2) is 4.79 Å². The van der Waals surface area contributed by atoms with Gasteiger partial charge in [0, 0.05) is 12.6 Å². The Balaban J connectivity index is 3.14. The summed E-state index contributed by atoms with van der Waals surface area (Å²) >= 11 is 0. The van der Waals surface area contributed by atoms with Crippen LogP contribution >= 0.6 is 0 Å².